The largest absolute Gasteiger partial charge is 0.497 e. The topological polar surface area (TPSA) is 44.8 Å². The smallest absolute Gasteiger partial charge is 0.339 e. The van der Waals surface area contributed by atoms with E-state index in [9.17, 15) is 4.79 Å². The molecule has 4 aromatic rings. The number of esters is 1. The summed E-state index contributed by atoms with van der Waals surface area (Å²) in [5.74, 6) is 1.28. The second-order valence-corrected chi connectivity index (χ2v) is 8.86. The van der Waals surface area contributed by atoms with Gasteiger partial charge in [-0.25, -0.2) is 4.79 Å². The van der Waals surface area contributed by atoms with Gasteiger partial charge in [-0.3, -0.25) is 0 Å². The van der Waals surface area contributed by atoms with Gasteiger partial charge < -0.3 is 14.2 Å². The zero-order chi connectivity index (χ0) is 25.1. The van der Waals surface area contributed by atoms with E-state index in [0.29, 0.717) is 12.0 Å². The predicted molar refractivity (Wildman–Crippen MR) is 143 cm³/mol. The Kier molecular flexibility index (Phi) is 6.34. The second kappa shape index (κ2) is 9.74. The van der Waals surface area contributed by atoms with Crippen LogP contribution in [0.2, 0.25) is 0 Å². The Bertz CT molecular complexity index is 1350. The van der Waals surface area contributed by atoms with Crippen molar-refractivity contribution >= 4 is 12.0 Å². The van der Waals surface area contributed by atoms with Gasteiger partial charge in [-0.1, -0.05) is 78.9 Å². The first kappa shape index (κ1) is 23.4. The molecule has 180 valence electrons. The molecule has 0 radical (unpaired) electrons. The maximum Gasteiger partial charge on any atom is 0.339 e. The van der Waals surface area contributed by atoms with E-state index in [-0.39, 0.29) is 5.97 Å². The lowest BCUT2D eigenvalue weighted by Crippen LogP contribution is -2.31. The molecule has 0 amide bonds. The van der Waals surface area contributed by atoms with Crippen molar-refractivity contribution < 1.29 is 19.0 Å². The zero-order valence-electron chi connectivity index (χ0n) is 20.7. The van der Waals surface area contributed by atoms with Gasteiger partial charge in [0.1, 0.15) is 11.5 Å². The van der Waals surface area contributed by atoms with Crippen LogP contribution in [0.4, 0.5) is 0 Å². The van der Waals surface area contributed by atoms with Gasteiger partial charge in [0.05, 0.1) is 26.9 Å². The van der Waals surface area contributed by atoms with E-state index in [2.05, 4.69) is 42.5 Å². The molecule has 0 saturated carbocycles. The summed E-state index contributed by atoms with van der Waals surface area (Å²) in [4.78, 5) is 13.0. The Morgan fingerprint density at radius 3 is 1.83 bits per heavy atom. The fraction of sp³-hybridized carbons (Fsp3) is 0.156. The van der Waals surface area contributed by atoms with Crippen LogP contribution in [0.25, 0.3) is 17.2 Å². The van der Waals surface area contributed by atoms with E-state index in [4.69, 9.17) is 14.2 Å². The first-order valence-electron chi connectivity index (χ1n) is 11.9. The molecule has 0 N–H and O–H groups in total. The van der Waals surface area contributed by atoms with Crippen LogP contribution >= 0.6 is 0 Å². The molecule has 4 heteroatoms. The van der Waals surface area contributed by atoms with E-state index in [1.165, 1.54) is 7.11 Å². The number of carbonyl (C=O) groups excluding carboxylic acids is 1. The first-order valence-corrected chi connectivity index (χ1v) is 11.9. The number of methoxy groups -OCH3 is 3. The average molecular weight is 477 g/mol. The Hall–Kier alpha value is -4.31. The molecule has 4 aromatic carbocycles. The van der Waals surface area contributed by atoms with Gasteiger partial charge in [-0.2, -0.15) is 0 Å². The molecule has 0 unspecified atom stereocenters. The molecule has 0 aliphatic heterocycles. The lowest BCUT2D eigenvalue weighted by atomic mass is 9.66. The van der Waals surface area contributed by atoms with Gasteiger partial charge in [0, 0.05) is 5.41 Å². The van der Waals surface area contributed by atoms with Crippen molar-refractivity contribution in [1.82, 2.24) is 0 Å². The number of hydrogen-bond acceptors (Lipinski definition) is 4. The minimum Gasteiger partial charge on any atom is -0.497 e. The summed E-state index contributed by atoms with van der Waals surface area (Å²) < 4.78 is 16.0. The molecule has 36 heavy (non-hydrogen) atoms. The molecule has 0 heterocycles. The molecule has 5 rings (SSSR count). The maximum atomic E-state index is 13.0. The van der Waals surface area contributed by atoms with Crippen LogP contribution in [0.3, 0.4) is 0 Å². The molecule has 0 spiro atoms. The van der Waals surface area contributed by atoms with E-state index < -0.39 is 5.41 Å². The number of allylic oxidation sites excluding steroid dienone is 1. The second-order valence-electron chi connectivity index (χ2n) is 8.86. The van der Waals surface area contributed by atoms with Crippen LogP contribution < -0.4 is 9.47 Å². The number of benzene rings is 4. The average Bonchev–Trinajstić information content (AvgIpc) is 2.96. The summed E-state index contributed by atoms with van der Waals surface area (Å²) in [5, 5.41) is 0. The van der Waals surface area contributed by atoms with Crippen LogP contribution in [0.1, 0.15) is 32.6 Å². The van der Waals surface area contributed by atoms with Crippen LogP contribution in [-0.4, -0.2) is 27.3 Å². The quantitative estimate of drug-likeness (QED) is 0.290. The lowest BCUT2D eigenvalue weighted by molar-refractivity contribution is 0.0601. The Labute approximate surface area is 211 Å². The van der Waals surface area contributed by atoms with Gasteiger partial charge in [-0.05, 0) is 64.1 Å². The van der Waals surface area contributed by atoms with Crippen LogP contribution in [0.15, 0.2) is 97.1 Å². The number of hydrogen-bond donors (Lipinski definition) is 0. The van der Waals surface area contributed by atoms with Crippen molar-refractivity contribution in [3.8, 4) is 22.6 Å². The number of carbonyl (C=O) groups is 1. The lowest BCUT2D eigenvalue weighted by Gasteiger charge is -2.36. The highest BCUT2D eigenvalue weighted by Gasteiger charge is 2.36. The SMILES string of the molecule is COC(=O)c1c(-c2ccccc2)ccc2c1C=CC(c1ccc(OC)cc1)(c1ccc(OC)cc1)C2. The maximum absolute atomic E-state index is 13.0. The zero-order valence-corrected chi connectivity index (χ0v) is 20.7. The summed E-state index contributed by atoms with van der Waals surface area (Å²) in [7, 11) is 4.77. The van der Waals surface area contributed by atoms with Crippen LogP contribution in [0, 0.1) is 0 Å². The van der Waals surface area contributed by atoms with Gasteiger partial charge in [0.25, 0.3) is 0 Å². The highest BCUT2D eigenvalue weighted by molar-refractivity contribution is 6.02. The molecule has 4 nitrogen and oxygen atoms in total. The van der Waals surface area contributed by atoms with Crippen molar-refractivity contribution in [2.75, 3.05) is 21.3 Å². The monoisotopic (exact) mass is 476 g/mol. The van der Waals surface area contributed by atoms with E-state index in [0.717, 1.165) is 44.9 Å². The molecular formula is C32H28O4. The minimum absolute atomic E-state index is 0.336. The number of fused-ring (bicyclic) bond motifs is 1. The molecule has 0 saturated heterocycles. The van der Waals surface area contributed by atoms with Crippen molar-refractivity contribution in [2.45, 2.75) is 11.8 Å². The van der Waals surface area contributed by atoms with Crippen LogP contribution in [0.5, 0.6) is 11.5 Å². The number of ether oxygens (including phenoxy) is 3. The van der Waals surface area contributed by atoms with Gasteiger partial charge >= 0.3 is 5.97 Å². The van der Waals surface area contributed by atoms with Crippen molar-refractivity contribution in [3.63, 3.8) is 0 Å². The predicted octanol–water partition coefficient (Wildman–Crippen LogP) is 6.71. The van der Waals surface area contributed by atoms with Crippen molar-refractivity contribution in [2.24, 2.45) is 0 Å². The van der Waals surface area contributed by atoms with Crippen LogP contribution in [-0.2, 0) is 16.6 Å². The molecule has 0 bridgehead atoms. The number of rotatable bonds is 6. The highest BCUT2D eigenvalue weighted by atomic mass is 16.5. The summed E-state index contributed by atoms with van der Waals surface area (Å²) in [6.07, 6.45) is 4.97. The van der Waals surface area contributed by atoms with E-state index >= 15 is 0 Å². The summed E-state index contributed by atoms with van der Waals surface area (Å²) >= 11 is 0. The van der Waals surface area contributed by atoms with Crippen molar-refractivity contribution in [3.05, 3.63) is 125 Å². The summed E-state index contributed by atoms with van der Waals surface area (Å²) in [6.45, 7) is 0. The molecule has 1 aliphatic carbocycles. The molecular weight excluding hydrogens is 448 g/mol. The molecule has 0 aromatic heterocycles. The molecule has 0 atom stereocenters. The normalized spacial score (nSPS) is 13.5. The van der Waals surface area contributed by atoms with Gasteiger partial charge in [-0.15, -0.1) is 0 Å². The summed E-state index contributed by atoms with van der Waals surface area (Å²) in [6, 6.07) is 30.5. The Balaban J connectivity index is 1.69. The third kappa shape index (κ3) is 4.05. The van der Waals surface area contributed by atoms with Gasteiger partial charge in [0.2, 0.25) is 0 Å². The standard InChI is InChI=1S/C32H28O4/c1-34-26-14-10-24(11-15-26)32(25-12-16-27(35-2)17-13-25)20-19-29-23(21-32)9-18-28(30(29)31(33)36-3)22-7-5-4-6-8-22/h4-20H,21H2,1-3H3. The minimum atomic E-state index is -0.423. The first-order chi connectivity index (χ1) is 17.6. The van der Waals surface area contributed by atoms with Gasteiger partial charge in [0.15, 0.2) is 0 Å². The highest BCUT2D eigenvalue weighted by Crippen LogP contribution is 2.44. The fourth-order valence-corrected chi connectivity index (χ4v) is 5.11. The Morgan fingerprint density at radius 1 is 0.722 bits per heavy atom. The fourth-order valence-electron chi connectivity index (χ4n) is 5.11. The van der Waals surface area contributed by atoms with E-state index in [1.807, 2.05) is 60.7 Å². The third-order valence-electron chi connectivity index (χ3n) is 7.02. The molecule has 0 fully saturated rings. The third-order valence-corrected chi connectivity index (χ3v) is 7.02. The molecule has 1 aliphatic rings. The summed E-state index contributed by atoms with van der Waals surface area (Å²) in [5.41, 5.74) is 6.29. The Morgan fingerprint density at radius 2 is 1.31 bits per heavy atom. The van der Waals surface area contributed by atoms with E-state index in [1.54, 1.807) is 14.2 Å². The van der Waals surface area contributed by atoms with Crippen molar-refractivity contribution in [1.29, 1.82) is 0 Å².